The van der Waals surface area contributed by atoms with Crippen LogP contribution in [0, 0.1) is 5.82 Å². The summed E-state index contributed by atoms with van der Waals surface area (Å²) in [7, 11) is -3.35. The summed E-state index contributed by atoms with van der Waals surface area (Å²) < 4.78 is 36.2. The molecule has 0 aromatic heterocycles. The summed E-state index contributed by atoms with van der Waals surface area (Å²) in [5, 5.41) is 3.43. The van der Waals surface area contributed by atoms with Crippen LogP contribution in [0.15, 0.2) is 18.2 Å². The van der Waals surface area contributed by atoms with Gasteiger partial charge in [-0.25, -0.2) is 12.8 Å². The molecular formula is C13H19ClFNO2S. The zero-order valence-electron chi connectivity index (χ0n) is 11.5. The van der Waals surface area contributed by atoms with Gasteiger partial charge in [0.15, 0.2) is 9.84 Å². The van der Waals surface area contributed by atoms with Gasteiger partial charge in [0.1, 0.15) is 5.82 Å². The van der Waals surface area contributed by atoms with Crippen LogP contribution in [0.5, 0.6) is 0 Å². The Hall–Kier alpha value is -0.650. The molecule has 0 amide bonds. The van der Waals surface area contributed by atoms with Gasteiger partial charge in [0, 0.05) is 11.3 Å². The third kappa shape index (κ3) is 3.46. The number of sulfone groups is 1. The standard InChI is InChI=1S/C13H19ClFNO2S/c1-5-16-12(13(2,3)19(4,17)18)10-8-9(15)6-7-11(10)14/h6-8,12,16H,5H2,1-4H3. The van der Waals surface area contributed by atoms with E-state index in [1.54, 1.807) is 13.8 Å². The molecule has 1 N–H and O–H groups in total. The molecule has 1 unspecified atom stereocenters. The molecule has 0 aliphatic heterocycles. The monoisotopic (exact) mass is 307 g/mol. The van der Waals surface area contributed by atoms with Crippen molar-refractivity contribution >= 4 is 21.4 Å². The van der Waals surface area contributed by atoms with Gasteiger partial charge in [0.25, 0.3) is 0 Å². The van der Waals surface area contributed by atoms with Crippen LogP contribution < -0.4 is 5.32 Å². The van der Waals surface area contributed by atoms with Crippen LogP contribution in [0.25, 0.3) is 0 Å². The van der Waals surface area contributed by atoms with Crippen LogP contribution in [0.4, 0.5) is 4.39 Å². The minimum atomic E-state index is -3.35. The molecule has 1 aromatic rings. The number of hydrogen-bond acceptors (Lipinski definition) is 3. The van der Waals surface area contributed by atoms with Crippen molar-refractivity contribution in [1.29, 1.82) is 0 Å². The van der Waals surface area contributed by atoms with Crippen molar-refractivity contribution in [3.8, 4) is 0 Å². The summed E-state index contributed by atoms with van der Waals surface area (Å²) in [5.74, 6) is -0.438. The molecular weight excluding hydrogens is 289 g/mol. The van der Waals surface area contributed by atoms with Crippen LogP contribution in [0.1, 0.15) is 32.4 Å². The fourth-order valence-electron chi connectivity index (χ4n) is 1.88. The fourth-order valence-corrected chi connectivity index (χ4v) is 2.75. The molecule has 1 atom stereocenters. The zero-order chi connectivity index (χ0) is 14.8. The van der Waals surface area contributed by atoms with E-state index in [2.05, 4.69) is 5.32 Å². The van der Waals surface area contributed by atoms with Crippen molar-refractivity contribution in [2.75, 3.05) is 12.8 Å². The highest BCUT2D eigenvalue weighted by Gasteiger charge is 2.40. The van der Waals surface area contributed by atoms with Gasteiger partial charge >= 0.3 is 0 Å². The Kier molecular flexibility index (Phi) is 4.98. The largest absolute Gasteiger partial charge is 0.309 e. The van der Waals surface area contributed by atoms with E-state index >= 15 is 0 Å². The van der Waals surface area contributed by atoms with Gasteiger partial charge in [-0.1, -0.05) is 18.5 Å². The molecule has 3 nitrogen and oxygen atoms in total. The number of halogens is 2. The molecule has 0 aliphatic carbocycles. The first kappa shape index (κ1) is 16.4. The number of nitrogens with one attached hydrogen (secondary N) is 1. The highest BCUT2D eigenvalue weighted by Crippen LogP contribution is 2.36. The van der Waals surface area contributed by atoms with Gasteiger partial charge < -0.3 is 5.32 Å². The highest BCUT2D eigenvalue weighted by atomic mass is 35.5. The Balaban J connectivity index is 3.40. The Labute approximate surface area is 119 Å². The normalized spacial score (nSPS) is 14.4. The van der Waals surface area contributed by atoms with E-state index in [0.29, 0.717) is 17.1 Å². The molecule has 0 saturated heterocycles. The number of rotatable bonds is 5. The number of benzene rings is 1. The first-order valence-electron chi connectivity index (χ1n) is 5.99. The Morgan fingerprint density at radius 3 is 2.47 bits per heavy atom. The molecule has 6 heteroatoms. The van der Waals surface area contributed by atoms with Gasteiger partial charge in [-0.2, -0.15) is 0 Å². The van der Waals surface area contributed by atoms with E-state index in [9.17, 15) is 12.8 Å². The average molecular weight is 308 g/mol. The van der Waals surface area contributed by atoms with E-state index in [-0.39, 0.29) is 0 Å². The highest BCUT2D eigenvalue weighted by molar-refractivity contribution is 7.92. The third-order valence-electron chi connectivity index (χ3n) is 3.33. The molecule has 0 aliphatic rings. The maximum Gasteiger partial charge on any atom is 0.154 e. The van der Waals surface area contributed by atoms with Gasteiger partial charge in [-0.3, -0.25) is 0 Å². The van der Waals surface area contributed by atoms with Gasteiger partial charge in [-0.15, -0.1) is 0 Å². The Morgan fingerprint density at radius 2 is 2.00 bits per heavy atom. The van der Waals surface area contributed by atoms with Gasteiger partial charge in [0.05, 0.1) is 10.8 Å². The predicted molar refractivity (Wildman–Crippen MR) is 76.8 cm³/mol. The molecule has 0 radical (unpaired) electrons. The molecule has 108 valence electrons. The summed E-state index contributed by atoms with van der Waals surface area (Å²) in [6, 6.07) is 3.40. The lowest BCUT2D eigenvalue weighted by atomic mass is 9.95. The molecule has 0 bridgehead atoms. The Bertz CT molecular complexity index is 558. The third-order valence-corrected chi connectivity index (χ3v) is 5.82. The maximum absolute atomic E-state index is 13.4. The molecule has 0 fully saturated rings. The second-order valence-corrected chi connectivity index (χ2v) is 8.04. The van der Waals surface area contributed by atoms with Crippen molar-refractivity contribution in [3.05, 3.63) is 34.6 Å². The van der Waals surface area contributed by atoms with E-state index in [1.165, 1.54) is 24.5 Å². The van der Waals surface area contributed by atoms with E-state index < -0.39 is 26.4 Å². The molecule has 0 saturated carbocycles. The number of hydrogen-bond donors (Lipinski definition) is 1. The smallest absolute Gasteiger partial charge is 0.154 e. The second kappa shape index (κ2) is 5.77. The van der Waals surface area contributed by atoms with Crippen molar-refractivity contribution < 1.29 is 12.8 Å². The lowest BCUT2D eigenvalue weighted by Gasteiger charge is -2.34. The van der Waals surface area contributed by atoms with E-state index in [1.807, 2.05) is 6.92 Å². The SMILES string of the molecule is CCNC(c1cc(F)ccc1Cl)C(C)(C)S(C)(=O)=O. The zero-order valence-corrected chi connectivity index (χ0v) is 13.1. The summed E-state index contributed by atoms with van der Waals surface area (Å²) in [5.41, 5.74) is 0.457. The van der Waals surface area contributed by atoms with Crippen LogP contribution in [0.3, 0.4) is 0 Å². The van der Waals surface area contributed by atoms with Crippen molar-refractivity contribution in [2.45, 2.75) is 31.6 Å². The summed E-state index contributed by atoms with van der Waals surface area (Å²) in [4.78, 5) is 0. The second-order valence-electron chi connectivity index (χ2n) is 5.03. The Morgan fingerprint density at radius 1 is 1.42 bits per heavy atom. The van der Waals surface area contributed by atoms with Gasteiger partial charge in [-0.05, 0) is 44.2 Å². The van der Waals surface area contributed by atoms with E-state index in [4.69, 9.17) is 11.6 Å². The average Bonchev–Trinajstić information content (AvgIpc) is 2.28. The molecule has 1 rings (SSSR count). The van der Waals surface area contributed by atoms with Crippen LogP contribution >= 0.6 is 11.6 Å². The maximum atomic E-state index is 13.4. The first-order valence-corrected chi connectivity index (χ1v) is 8.26. The molecule has 0 heterocycles. The summed E-state index contributed by atoms with van der Waals surface area (Å²) >= 11 is 6.08. The topological polar surface area (TPSA) is 46.2 Å². The predicted octanol–water partition coefficient (Wildman–Crippen LogP) is 2.95. The molecule has 0 spiro atoms. The van der Waals surface area contributed by atoms with Crippen molar-refractivity contribution in [2.24, 2.45) is 0 Å². The lowest BCUT2D eigenvalue weighted by molar-refractivity contribution is 0.426. The molecule has 1 aromatic carbocycles. The minimum absolute atomic E-state index is 0.351. The minimum Gasteiger partial charge on any atom is -0.309 e. The fraction of sp³-hybridized carbons (Fsp3) is 0.538. The van der Waals surface area contributed by atoms with Crippen molar-refractivity contribution in [3.63, 3.8) is 0 Å². The van der Waals surface area contributed by atoms with Crippen LogP contribution in [-0.2, 0) is 9.84 Å². The summed E-state index contributed by atoms with van der Waals surface area (Å²) in [6.45, 7) is 5.63. The van der Waals surface area contributed by atoms with E-state index in [0.717, 1.165) is 0 Å². The van der Waals surface area contributed by atoms with Crippen LogP contribution in [0.2, 0.25) is 5.02 Å². The lowest BCUT2D eigenvalue weighted by Crippen LogP contribution is -2.45. The first-order chi connectivity index (χ1) is 8.61. The van der Waals surface area contributed by atoms with Crippen molar-refractivity contribution in [1.82, 2.24) is 5.32 Å². The summed E-state index contributed by atoms with van der Waals surface area (Å²) in [6.07, 6.45) is 1.17. The van der Waals surface area contributed by atoms with Gasteiger partial charge in [0.2, 0.25) is 0 Å². The van der Waals surface area contributed by atoms with Crippen LogP contribution in [-0.4, -0.2) is 26.0 Å². The molecule has 19 heavy (non-hydrogen) atoms. The quantitative estimate of drug-likeness (QED) is 0.909.